The summed E-state index contributed by atoms with van der Waals surface area (Å²) < 4.78 is 25.3. The van der Waals surface area contributed by atoms with E-state index in [4.69, 9.17) is 25.4 Å². The van der Waals surface area contributed by atoms with Crippen molar-refractivity contribution in [1.82, 2.24) is 19.5 Å². The highest BCUT2D eigenvalue weighted by Crippen LogP contribution is 2.38. The zero-order chi connectivity index (χ0) is 24.3. The molecule has 1 aliphatic heterocycles. The third-order valence-electron chi connectivity index (χ3n) is 6.08. The molecule has 3 heterocycles. The first-order valence-corrected chi connectivity index (χ1v) is 11.8. The first kappa shape index (κ1) is 24.8. The van der Waals surface area contributed by atoms with Gasteiger partial charge in [0, 0.05) is 13.2 Å². The van der Waals surface area contributed by atoms with Crippen LogP contribution in [0, 0.1) is 18.3 Å². The highest BCUT2D eigenvalue weighted by molar-refractivity contribution is 5.83. The van der Waals surface area contributed by atoms with Crippen molar-refractivity contribution >= 4 is 17.0 Å². The third-order valence-corrected chi connectivity index (χ3v) is 6.08. The molecule has 4 rings (SSSR count). The van der Waals surface area contributed by atoms with E-state index < -0.39 is 30.1 Å². The van der Waals surface area contributed by atoms with Crippen molar-refractivity contribution in [3.63, 3.8) is 0 Å². The fraction of sp³-hybridized carbons (Fsp3) is 0.708. The van der Waals surface area contributed by atoms with Gasteiger partial charge in [0.05, 0.1) is 25.1 Å². The number of aromatic nitrogens is 4. The number of methoxy groups -OCH3 is 1. The molecule has 1 saturated heterocycles. The van der Waals surface area contributed by atoms with Crippen LogP contribution in [-0.2, 0) is 18.9 Å². The number of hydrogen-bond donors (Lipinski definition) is 2. The summed E-state index contributed by atoms with van der Waals surface area (Å²) in [6, 6.07) is 0.433. The normalized spacial score (nSPS) is 26.0. The van der Waals surface area contributed by atoms with Crippen molar-refractivity contribution in [1.29, 1.82) is 0 Å². The van der Waals surface area contributed by atoms with Gasteiger partial charge in [-0.15, -0.1) is 6.42 Å². The molecular formula is C24H35N5O5. The molecule has 0 bridgehead atoms. The Morgan fingerprint density at radius 2 is 2.15 bits per heavy atom. The maximum Gasteiger partial charge on any atom is 0.167 e. The standard InChI is InChI=1S/C24H35N5O5/c1-6-9-32-11-15(2)10-24(3,4)34-20-19(30)17(12-31-5)33-23(20)29-14-27-18-21(28-16-7-8-16)25-13-26-22(18)29/h1,13-17,19-20,23,30H,7-12H2,2-5H3,(H,25,26,28). The number of aliphatic hydroxyl groups is 1. The van der Waals surface area contributed by atoms with Gasteiger partial charge in [-0.25, -0.2) is 15.0 Å². The second-order valence-corrected chi connectivity index (χ2v) is 9.85. The molecule has 2 N–H and O–H groups in total. The molecule has 1 saturated carbocycles. The molecule has 2 aromatic heterocycles. The summed E-state index contributed by atoms with van der Waals surface area (Å²) in [7, 11) is 1.58. The van der Waals surface area contributed by atoms with E-state index in [1.54, 1.807) is 13.4 Å². The van der Waals surface area contributed by atoms with Crippen LogP contribution in [0.5, 0.6) is 0 Å². The van der Waals surface area contributed by atoms with Gasteiger partial charge in [-0.2, -0.15) is 0 Å². The van der Waals surface area contributed by atoms with Gasteiger partial charge in [-0.3, -0.25) is 4.57 Å². The largest absolute Gasteiger partial charge is 0.387 e. The van der Waals surface area contributed by atoms with E-state index in [2.05, 4.69) is 33.1 Å². The van der Waals surface area contributed by atoms with Crippen LogP contribution < -0.4 is 5.32 Å². The molecule has 5 atom stereocenters. The van der Waals surface area contributed by atoms with Gasteiger partial charge in [0.25, 0.3) is 0 Å². The van der Waals surface area contributed by atoms with Gasteiger partial charge in [0.2, 0.25) is 0 Å². The molecule has 2 aliphatic rings. The molecule has 0 aromatic carbocycles. The molecule has 0 radical (unpaired) electrons. The van der Waals surface area contributed by atoms with Crippen LogP contribution in [0.2, 0.25) is 0 Å². The van der Waals surface area contributed by atoms with E-state index in [-0.39, 0.29) is 19.1 Å². The summed E-state index contributed by atoms with van der Waals surface area (Å²) in [5, 5.41) is 14.5. The van der Waals surface area contributed by atoms with Gasteiger partial charge in [-0.05, 0) is 39.0 Å². The Morgan fingerprint density at radius 3 is 2.85 bits per heavy atom. The fourth-order valence-electron chi connectivity index (χ4n) is 4.57. The molecule has 10 nitrogen and oxygen atoms in total. The number of ether oxygens (including phenoxy) is 4. The minimum atomic E-state index is -0.888. The number of hydrogen-bond acceptors (Lipinski definition) is 9. The number of fused-ring (bicyclic) bond motifs is 1. The first-order valence-electron chi connectivity index (χ1n) is 11.8. The molecule has 2 fully saturated rings. The van der Waals surface area contributed by atoms with Crippen LogP contribution in [0.1, 0.15) is 46.3 Å². The third kappa shape index (κ3) is 5.67. The molecule has 2 aromatic rings. The number of nitrogens with zero attached hydrogens (tertiary/aromatic N) is 4. The Morgan fingerprint density at radius 1 is 1.35 bits per heavy atom. The molecule has 0 amide bonds. The van der Waals surface area contributed by atoms with Gasteiger partial charge < -0.3 is 29.4 Å². The zero-order valence-corrected chi connectivity index (χ0v) is 20.3. The second kappa shape index (κ2) is 10.5. The van der Waals surface area contributed by atoms with Gasteiger partial charge in [-0.1, -0.05) is 12.8 Å². The lowest BCUT2D eigenvalue weighted by Crippen LogP contribution is -2.42. The average Bonchev–Trinajstić information content (AvgIpc) is 3.42. The second-order valence-electron chi connectivity index (χ2n) is 9.85. The molecule has 34 heavy (non-hydrogen) atoms. The molecule has 0 spiro atoms. The summed E-state index contributed by atoms with van der Waals surface area (Å²) in [5.41, 5.74) is 0.730. The SMILES string of the molecule is C#CCOCC(C)CC(C)(C)OC1C(O)C(COC)OC1n1cnc2c(NC3CC3)ncnc21. The molecule has 186 valence electrons. The van der Waals surface area contributed by atoms with Gasteiger partial charge in [0.15, 0.2) is 23.2 Å². The van der Waals surface area contributed by atoms with Crippen molar-refractivity contribution in [2.45, 2.75) is 76.2 Å². The Bertz CT molecular complexity index is 1000. The van der Waals surface area contributed by atoms with E-state index in [1.807, 2.05) is 18.4 Å². The zero-order valence-electron chi connectivity index (χ0n) is 20.3. The van der Waals surface area contributed by atoms with Crippen molar-refractivity contribution in [3.05, 3.63) is 12.7 Å². The quantitative estimate of drug-likeness (QED) is 0.354. The fourth-order valence-corrected chi connectivity index (χ4v) is 4.57. The van der Waals surface area contributed by atoms with Crippen LogP contribution in [0.15, 0.2) is 12.7 Å². The lowest BCUT2D eigenvalue weighted by molar-refractivity contribution is -0.144. The van der Waals surface area contributed by atoms with Crippen molar-refractivity contribution in [2.75, 3.05) is 32.2 Å². The number of rotatable bonds is 12. The number of aliphatic hydroxyl groups excluding tert-OH is 1. The van der Waals surface area contributed by atoms with Gasteiger partial charge >= 0.3 is 0 Å². The molecular weight excluding hydrogens is 438 g/mol. The van der Waals surface area contributed by atoms with Crippen molar-refractivity contribution in [3.8, 4) is 12.3 Å². The number of anilines is 1. The maximum atomic E-state index is 11.1. The minimum absolute atomic E-state index is 0.217. The van der Waals surface area contributed by atoms with Crippen LogP contribution in [0.3, 0.4) is 0 Å². The summed E-state index contributed by atoms with van der Waals surface area (Å²) >= 11 is 0. The summed E-state index contributed by atoms with van der Waals surface area (Å²) in [6.07, 6.45) is 8.70. The van der Waals surface area contributed by atoms with E-state index in [9.17, 15) is 5.11 Å². The molecule has 1 aliphatic carbocycles. The summed E-state index contributed by atoms with van der Waals surface area (Å²) in [6.45, 7) is 7.16. The summed E-state index contributed by atoms with van der Waals surface area (Å²) in [5.74, 6) is 3.40. The van der Waals surface area contributed by atoms with Crippen molar-refractivity contribution in [2.24, 2.45) is 5.92 Å². The first-order chi connectivity index (χ1) is 16.3. The number of nitrogens with one attached hydrogen (secondary N) is 1. The Kier molecular flexibility index (Phi) is 7.70. The van der Waals surface area contributed by atoms with E-state index >= 15 is 0 Å². The smallest absolute Gasteiger partial charge is 0.167 e. The topological polar surface area (TPSA) is 113 Å². The average molecular weight is 474 g/mol. The van der Waals surface area contributed by atoms with Crippen LogP contribution in [-0.4, -0.2) is 81.5 Å². The minimum Gasteiger partial charge on any atom is -0.387 e. The van der Waals surface area contributed by atoms with Crippen LogP contribution in [0.25, 0.3) is 11.2 Å². The lowest BCUT2D eigenvalue weighted by Gasteiger charge is -2.34. The summed E-state index contributed by atoms with van der Waals surface area (Å²) in [4.78, 5) is 13.4. The molecule has 5 unspecified atom stereocenters. The van der Waals surface area contributed by atoms with Crippen LogP contribution in [0.4, 0.5) is 5.82 Å². The maximum absolute atomic E-state index is 11.1. The monoisotopic (exact) mass is 473 g/mol. The molecule has 10 heteroatoms. The lowest BCUT2D eigenvalue weighted by atomic mass is 9.94. The predicted molar refractivity (Wildman–Crippen MR) is 126 cm³/mol. The predicted octanol–water partition coefficient (Wildman–Crippen LogP) is 2.15. The van der Waals surface area contributed by atoms with E-state index in [0.29, 0.717) is 36.1 Å². The number of imidazole rings is 1. The van der Waals surface area contributed by atoms with Gasteiger partial charge in [0.1, 0.15) is 31.2 Å². The number of terminal acetylenes is 1. The van der Waals surface area contributed by atoms with Crippen molar-refractivity contribution < 1.29 is 24.1 Å². The highest BCUT2D eigenvalue weighted by Gasteiger charge is 2.48. The van der Waals surface area contributed by atoms with E-state index in [0.717, 1.165) is 12.8 Å². The van der Waals surface area contributed by atoms with E-state index in [1.165, 1.54) is 6.33 Å². The highest BCUT2D eigenvalue weighted by atomic mass is 16.6. The Balaban J connectivity index is 1.56. The Hall–Kier alpha value is -2.29. The Labute approximate surface area is 200 Å². The van der Waals surface area contributed by atoms with Crippen LogP contribution >= 0.6 is 0 Å².